The number of aryl methyl sites for hydroxylation is 1. The number of hydrogen-bond donors (Lipinski definition) is 1. The van der Waals surface area contributed by atoms with Crippen LogP contribution in [0.3, 0.4) is 0 Å². The van der Waals surface area contributed by atoms with Gasteiger partial charge in [0, 0.05) is 62.6 Å². The zero-order valence-electron chi connectivity index (χ0n) is 13.1. The zero-order valence-corrected chi connectivity index (χ0v) is 13.9. The molecule has 2 amide bonds. The van der Waals surface area contributed by atoms with Crippen molar-refractivity contribution in [2.24, 2.45) is 0 Å². The first-order chi connectivity index (χ1) is 11.2. The summed E-state index contributed by atoms with van der Waals surface area (Å²) in [5, 5.41) is 6.06. The molecule has 2 aromatic rings. The van der Waals surface area contributed by atoms with Gasteiger partial charge in [-0.15, -0.1) is 11.3 Å². The van der Waals surface area contributed by atoms with Crippen LogP contribution in [-0.2, 0) is 6.42 Å². The summed E-state index contributed by atoms with van der Waals surface area (Å²) in [4.78, 5) is 29.0. The smallest absolute Gasteiger partial charge is 0.317 e. The monoisotopic (exact) mass is 332 g/mol. The lowest BCUT2D eigenvalue weighted by Gasteiger charge is -2.34. The summed E-state index contributed by atoms with van der Waals surface area (Å²) in [6, 6.07) is 1.80. The van der Waals surface area contributed by atoms with Gasteiger partial charge in [-0.25, -0.2) is 19.7 Å². The standard InChI is InChI=1S/C15H20N6OS/c1-12-11-23-13(19-12)3-6-18-15(22)21-9-7-20(8-10-21)14-16-4-2-5-17-14/h2,4-5,11H,3,6-10H2,1H3,(H,18,22). The third-order valence-electron chi connectivity index (χ3n) is 3.68. The number of thiazole rings is 1. The number of rotatable bonds is 4. The van der Waals surface area contributed by atoms with E-state index < -0.39 is 0 Å². The molecule has 1 aliphatic rings. The molecule has 1 N–H and O–H groups in total. The molecule has 0 spiro atoms. The average molecular weight is 332 g/mol. The maximum atomic E-state index is 12.2. The van der Waals surface area contributed by atoms with Crippen molar-refractivity contribution in [3.63, 3.8) is 0 Å². The van der Waals surface area contributed by atoms with E-state index in [9.17, 15) is 4.79 Å². The molecule has 0 bridgehead atoms. The number of urea groups is 1. The number of piperazine rings is 1. The lowest BCUT2D eigenvalue weighted by atomic mass is 10.3. The van der Waals surface area contributed by atoms with E-state index in [-0.39, 0.29) is 6.03 Å². The fourth-order valence-corrected chi connectivity index (χ4v) is 3.25. The van der Waals surface area contributed by atoms with Crippen LogP contribution in [0.5, 0.6) is 0 Å². The van der Waals surface area contributed by atoms with Crippen LogP contribution in [0.4, 0.5) is 10.7 Å². The Hall–Kier alpha value is -2.22. The second-order valence-corrected chi connectivity index (χ2v) is 6.33. The Bertz CT molecular complexity index is 638. The quantitative estimate of drug-likeness (QED) is 0.914. The molecule has 1 aliphatic heterocycles. The van der Waals surface area contributed by atoms with Crippen molar-refractivity contribution in [2.75, 3.05) is 37.6 Å². The summed E-state index contributed by atoms with van der Waals surface area (Å²) in [6.45, 7) is 5.47. The molecule has 3 rings (SSSR count). The molecule has 0 saturated carbocycles. The third-order valence-corrected chi connectivity index (χ3v) is 4.71. The first-order valence-corrected chi connectivity index (χ1v) is 8.56. The molecule has 0 atom stereocenters. The second kappa shape index (κ2) is 7.36. The summed E-state index contributed by atoms with van der Waals surface area (Å²) in [7, 11) is 0. The normalized spacial score (nSPS) is 14.8. The number of carbonyl (C=O) groups excluding carboxylic acids is 1. The van der Waals surface area contributed by atoms with Crippen LogP contribution in [0.2, 0.25) is 0 Å². The second-order valence-electron chi connectivity index (χ2n) is 5.39. The van der Waals surface area contributed by atoms with Crippen LogP contribution in [0, 0.1) is 6.92 Å². The zero-order chi connectivity index (χ0) is 16.1. The summed E-state index contributed by atoms with van der Waals surface area (Å²) in [5.41, 5.74) is 1.04. The molecule has 1 saturated heterocycles. The Kier molecular flexibility index (Phi) is 5.02. The highest BCUT2D eigenvalue weighted by atomic mass is 32.1. The molecule has 23 heavy (non-hydrogen) atoms. The lowest BCUT2D eigenvalue weighted by molar-refractivity contribution is 0.194. The van der Waals surface area contributed by atoms with E-state index in [1.54, 1.807) is 29.8 Å². The highest BCUT2D eigenvalue weighted by Gasteiger charge is 2.22. The van der Waals surface area contributed by atoms with Gasteiger partial charge in [0.15, 0.2) is 0 Å². The Balaban J connectivity index is 1.41. The topological polar surface area (TPSA) is 74.2 Å². The van der Waals surface area contributed by atoms with Gasteiger partial charge in [-0.1, -0.05) is 0 Å². The number of hydrogen-bond acceptors (Lipinski definition) is 6. The van der Waals surface area contributed by atoms with Crippen molar-refractivity contribution >= 4 is 23.3 Å². The van der Waals surface area contributed by atoms with Crippen LogP contribution in [-0.4, -0.2) is 58.6 Å². The van der Waals surface area contributed by atoms with E-state index in [0.717, 1.165) is 36.2 Å². The van der Waals surface area contributed by atoms with Crippen LogP contribution in [0.15, 0.2) is 23.8 Å². The molecule has 0 aromatic carbocycles. The van der Waals surface area contributed by atoms with Crippen LogP contribution in [0.25, 0.3) is 0 Å². The fourth-order valence-electron chi connectivity index (χ4n) is 2.47. The molecule has 0 unspecified atom stereocenters. The molecule has 8 heteroatoms. The van der Waals surface area contributed by atoms with E-state index >= 15 is 0 Å². The largest absolute Gasteiger partial charge is 0.338 e. The molecule has 7 nitrogen and oxygen atoms in total. The predicted octanol–water partition coefficient (Wildman–Crippen LogP) is 1.32. The average Bonchev–Trinajstić information content (AvgIpc) is 3.01. The SMILES string of the molecule is Cc1csc(CCNC(=O)N2CCN(c3ncccn3)CC2)n1. The first-order valence-electron chi connectivity index (χ1n) is 7.68. The minimum atomic E-state index is -0.00749. The fraction of sp³-hybridized carbons (Fsp3) is 0.467. The predicted molar refractivity (Wildman–Crippen MR) is 89.8 cm³/mol. The Morgan fingerprint density at radius 2 is 2.00 bits per heavy atom. The number of carbonyl (C=O) groups is 1. The van der Waals surface area contributed by atoms with Gasteiger partial charge < -0.3 is 15.1 Å². The molecule has 0 radical (unpaired) electrons. The Morgan fingerprint density at radius 3 is 2.65 bits per heavy atom. The van der Waals surface area contributed by atoms with Crippen molar-refractivity contribution in [3.05, 3.63) is 34.5 Å². The van der Waals surface area contributed by atoms with Crippen molar-refractivity contribution in [3.8, 4) is 0 Å². The van der Waals surface area contributed by atoms with Crippen molar-refractivity contribution in [1.29, 1.82) is 0 Å². The molecule has 1 fully saturated rings. The van der Waals surface area contributed by atoms with Gasteiger partial charge >= 0.3 is 6.03 Å². The van der Waals surface area contributed by atoms with Crippen molar-refractivity contribution in [2.45, 2.75) is 13.3 Å². The highest BCUT2D eigenvalue weighted by molar-refractivity contribution is 7.09. The van der Waals surface area contributed by atoms with E-state index in [2.05, 4.69) is 25.2 Å². The molecule has 2 aromatic heterocycles. The number of aromatic nitrogens is 3. The first kappa shape index (κ1) is 15.7. The van der Waals surface area contributed by atoms with Gasteiger partial charge in [0.1, 0.15) is 0 Å². The van der Waals surface area contributed by atoms with Crippen molar-refractivity contribution < 1.29 is 4.79 Å². The Morgan fingerprint density at radius 1 is 1.26 bits per heavy atom. The minimum Gasteiger partial charge on any atom is -0.338 e. The lowest BCUT2D eigenvalue weighted by Crippen LogP contribution is -2.52. The van der Waals surface area contributed by atoms with E-state index in [0.29, 0.717) is 19.6 Å². The maximum absolute atomic E-state index is 12.2. The van der Waals surface area contributed by atoms with Gasteiger partial charge in [-0.05, 0) is 13.0 Å². The van der Waals surface area contributed by atoms with Gasteiger partial charge in [-0.3, -0.25) is 0 Å². The number of amides is 2. The number of nitrogens with one attached hydrogen (secondary N) is 1. The molecular weight excluding hydrogens is 312 g/mol. The minimum absolute atomic E-state index is 0.00749. The summed E-state index contributed by atoms with van der Waals surface area (Å²) >= 11 is 1.64. The molecule has 3 heterocycles. The van der Waals surface area contributed by atoms with Gasteiger partial charge in [0.25, 0.3) is 0 Å². The molecule has 122 valence electrons. The molecule has 0 aliphatic carbocycles. The van der Waals surface area contributed by atoms with Gasteiger partial charge in [-0.2, -0.15) is 0 Å². The summed E-state index contributed by atoms with van der Waals surface area (Å²) in [6.07, 6.45) is 4.26. The maximum Gasteiger partial charge on any atom is 0.317 e. The number of nitrogens with zero attached hydrogens (tertiary/aromatic N) is 5. The molecular formula is C15H20N6OS. The van der Waals surface area contributed by atoms with Crippen LogP contribution < -0.4 is 10.2 Å². The van der Waals surface area contributed by atoms with E-state index in [1.165, 1.54) is 0 Å². The van der Waals surface area contributed by atoms with Gasteiger partial charge in [0.05, 0.1) is 5.01 Å². The highest BCUT2D eigenvalue weighted by Crippen LogP contribution is 2.10. The van der Waals surface area contributed by atoms with E-state index in [1.807, 2.05) is 17.2 Å². The Labute approximate surface area is 139 Å². The van der Waals surface area contributed by atoms with Gasteiger partial charge in [0.2, 0.25) is 5.95 Å². The van der Waals surface area contributed by atoms with Crippen LogP contribution >= 0.6 is 11.3 Å². The summed E-state index contributed by atoms with van der Waals surface area (Å²) < 4.78 is 0. The van der Waals surface area contributed by atoms with Crippen LogP contribution in [0.1, 0.15) is 10.7 Å². The number of anilines is 1. The van der Waals surface area contributed by atoms with Crippen molar-refractivity contribution in [1.82, 2.24) is 25.2 Å². The third kappa shape index (κ3) is 4.16. The van der Waals surface area contributed by atoms with E-state index in [4.69, 9.17) is 0 Å². The summed E-state index contributed by atoms with van der Waals surface area (Å²) in [5.74, 6) is 0.728.